The molecule has 0 radical (unpaired) electrons. The highest BCUT2D eigenvalue weighted by Gasteiger charge is 2.59. The van der Waals surface area contributed by atoms with Crippen molar-refractivity contribution in [3.63, 3.8) is 0 Å². The number of nitrogens with zero attached hydrogens (tertiary/aromatic N) is 2. The van der Waals surface area contributed by atoms with E-state index in [2.05, 4.69) is 27.8 Å². The van der Waals surface area contributed by atoms with Crippen LogP contribution in [0.1, 0.15) is 44.9 Å². The van der Waals surface area contributed by atoms with Crippen LogP contribution in [0.4, 0.5) is 0 Å². The van der Waals surface area contributed by atoms with Crippen molar-refractivity contribution in [3.8, 4) is 0 Å². The predicted molar refractivity (Wildman–Crippen MR) is 82.8 cm³/mol. The van der Waals surface area contributed by atoms with E-state index in [4.69, 9.17) is 0 Å². The lowest BCUT2D eigenvalue weighted by Gasteiger charge is -2.68. The van der Waals surface area contributed by atoms with E-state index in [1.54, 1.807) is 0 Å². The molecule has 0 aromatic heterocycles. The van der Waals surface area contributed by atoms with E-state index in [1.807, 2.05) is 0 Å². The Labute approximate surface area is 122 Å². The number of rotatable bonds is 3. The SMILES string of the molecule is CS[C@H]1CC[C@H](N2CCN(C34CC(C3)C4)CC2)CC1. The summed E-state index contributed by atoms with van der Waals surface area (Å²) in [5, 5.41) is 0.957. The first-order chi connectivity index (χ1) is 9.29. The summed E-state index contributed by atoms with van der Waals surface area (Å²) in [5.41, 5.74) is 0.716. The highest BCUT2D eigenvalue weighted by atomic mass is 32.2. The summed E-state index contributed by atoms with van der Waals surface area (Å²) < 4.78 is 0. The van der Waals surface area contributed by atoms with Crippen LogP contribution >= 0.6 is 11.8 Å². The Hall–Kier alpha value is 0.270. The molecule has 5 aliphatic rings. The summed E-state index contributed by atoms with van der Waals surface area (Å²) in [5.74, 6) is 1.12. The minimum Gasteiger partial charge on any atom is -0.298 e. The molecule has 19 heavy (non-hydrogen) atoms. The third kappa shape index (κ3) is 2.16. The van der Waals surface area contributed by atoms with Gasteiger partial charge >= 0.3 is 0 Å². The smallest absolute Gasteiger partial charge is 0.0218 e. The molecule has 108 valence electrons. The average Bonchev–Trinajstić information content (AvgIpc) is 2.36. The molecule has 0 N–H and O–H groups in total. The van der Waals surface area contributed by atoms with Crippen LogP contribution in [-0.2, 0) is 0 Å². The Morgan fingerprint density at radius 2 is 1.53 bits per heavy atom. The topological polar surface area (TPSA) is 6.48 Å². The van der Waals surface area contributed by atoms with Gasteiger partial charge in [0.15, 0.2) is 0 Å². The Bertz CT molecular complexity index is 313. The normalized spacial score (nSPS) is 47.5. The number of piperazine rings is 1. The van der Waals surface area contributed by atoms with E-state index in [9.17, 15) is 0 Å². The van der Waals surface area contributed by atoms with E-state index >= 15 is 0 Å². The summed E-state index contributed by atoms with van der Waals surface area (Å²) in [4.78, 5) is 5.66. The molecule has 5 fully saturated rings. The molecule has 0 aromatic rings. The van der Waals surface area contributed by atoms with Crippen LogP contribution in [0.3, 0.4) is 0 Å². The average molecular weight is 280 g/mol. The van der Waals surface area contributed by atoms with Gasteiger partial charge in [0.25, 0.3) is 0 Å². The molecule has 2 bridgehead atoms. The van der Waals surface area contributed by atoms with Crippen molar-refractivity contribution in [1.82, 2.24) is 9.80 Å². The van der Waals surface area contributed by atoms with Crippen molar-refractivity contribution < 1.29 is 0 Å². The van der Waals surface area contributed by atoms with E-state index in [1.165, 1.54) is 71.1 Å². The number of hydrogen-bond acceptors (Lipinski definition) is 3. The fourth-order valence-corrected chi connectivity index (χ4v) is 5.77. The molecule has 5 rings (SSSR count). The number of hydrogen-bond donors (Lipinski definition) is 0. The lowest BCUT2D eigenvalue weighted by molar-refractivity contribution is -0.157. The van der Waals surface area contributed by atoms with Crippen LogP contribution < -0.4 is 0 Å². The molecule has 1 saturated heterocycles. The van der Waals surface area contributed by atoms with Gasteiger partial charge in [-0.05, 0) is 57.1 Å². The van der Waals surface area contributed by atoms with Gasteiger partial charge in [0.1, 0.15) is 0 Å². The molecule has 1 aliphatic heterocycles. The van der Waals surface area contributed by atoms with Crippen LogP contribution in [-0.4, -0.2) is 59.1 Å². The van der Waals surface area contributed by atoms with Crippen molar-refractivity contribution in [2.24, 2.45) is 5.92 Å². The summed E-state index contributed by atoms with van der Waals surface area (Å²) in [6.45, 7) is 5.41. The fraction of sp³-hybridized carbons (Fsp3) is 1.00. The highest BCUT2D eigenvalue weighted by Crippen LogP contribution is 2.60. The lowest BCUT2D eigenvalue weighted by Crippen LogP contribution is -2.71. The van der Waals surface area contributed by atoms with Gasteiger partial charge < -0.3 is 0 Å². The van der Waals surface area contributed by atoms with Gasteiger partial charge in [-0.3, -0.25) is 9.80 Å². The standard InChI is InChI=1S/C16H28N2S/c1-19-15-4-2-14(3-5-15)17-6-8-18(9-7-17)16-10-13(11-16)12-16/h13-15H,2-12H2,1H3/t13?,14-,15-,16?. The molecule has 0 atom stereocenters. The maximum Gasteiger partial charge on any atom is 0.0218 e. The Kier molecular flexibility index (Phi) is 3.36. The van der Waals surface area contributed by atoms with Gasteiger partial charge in [0.05, 0.1) is 0 Å². The molecule has 0 aromatic carbocycles. The number of thioether (sulfide) groups is 1. The van der Waals surface area contributed by atoms with Crippen molar-refractivity contribution in [2.45, 2.75) is 61.8 Å². The van der Waals surface area contributed by atoms with Gasteiger partial charge in [-0.2, -0.15) is 11.8 Å². The fourth-order valence-electron chi connectivity index (χ4n) is 5.03. The molecule has 2 nitrogen and oxygen atoms in total. The van der Waals surface area contributed by atoms with Gasteiger partial charge in [-0.15, -0.1) is 0 Å². The van der Waals surface area contributed by atoms with E-state index in [0.29, 0.717) is 5.54 Å². The van der Waals surface area contributed by atoms with E-state index in [0.717, 1.165) is 17.2 Å². The molecule has 1 heterocycles. The molecule has 0 amide bonds. The second kappa shape index (κ2) is 4.92. The summed E-state index contributed by atoms with van der Waals surface area (Å²) in [6, 6.07) is 0.915. The molecule has 0 spiro atoms. The van der Waals surface area contributed by atoms with Crippen molar-refractivity contribution in [1.29, 1.82) is 0 Å². The summed E-state index contributed by atoms with van der Waals surface area (Å²) in [7, 11) is 0. The Morgan fingerprint density at radius 1 is 0.895 bits per heavy atom. The first kappa shape index (κ1) is 13.0. The van der Waals surface area contributed by atoms with Gasteiger partial charge in [0, 0.05) is 43.0 Å². The lowest BCUT2D eigenvalue weighted by atomic mass is 9.49. The quantitative estimate of drug-likeness (QED) is 0.785. The monoisotopic (exact) mass is 280 g/mol. The zero-order valence-corrected chi connectivity index (χ0v) is 13.1. The highest BCUT2D eigenvalue weighted by molar-refractivity contribution is 7.99. The van der Waals surface area contributed by atoms with Crippen molar-refractivity contribution >= 4 is 11.8 Å². The maximum atomic E-state index is 2.84. The van der Waals surface area contributed by atoms with Crippen LogP contribution in [0, 0.1) is 5.92 Å². The molecule has 0 unspecified atom stereocenters. The van der Waals surface area contributed by atoms with Crippen LogP contribution in [0.5, 0.6) is 0 Å². The summed E-state index contributed by atoms with van der Waals surface area (Å²) >= 11 is 2.09. The first-order valence-corrected chi connectivity index (χ1v) is 9.60. The van der Waals surface area contributed by atoms with Crippen LogP contribution in [0.25, 0.3) is 0 Å². The van der Waals surface area contributed by atoms with Gasteiger partial charge in [-0.25, -0.2) is 0 Å². The third-order valence-corrected chi connectivity index (χ3v) is 7.62. The maximum absolute atomic E-state index is 2.84. The van der Waals surface area contributed by atoms with E-state index < -0.39 is 0 Å². The predicted octanol–water partition coefficient (Wildman–Crippen LogP) is 2.83. The molecule has 4 saturated carbocycles. The Balaban J connectivity index is 1.26. The first-order valence-electron chi connectivity index (χ1n) is 8.31. The minimum atomic E-state index is 0.716. The second-order valence-electron chi connectivity index (χ2n) is 7.39. The second-order valence-corrected chi connectivity index (χ2v) is 8.53. The largest absolute Gasteiger partial charge is 0.298 e. The van der Waals surface area contributed by atoms with Gasteiger partial charge in [-0.1, -0.05) is 0 Å². The minimum absolute atomic E-state index is 0.716. The molecular formula is C16H28N2S. The van der Waals surface area contributed by atoms with Crippen LogP contribution in [0.2, 0.25) is 0 Å². The molecule has 4 aliphatic carbocycles. The summed E-state index contributed by atoms with van der Waals surface area (Å²) in [6.07, 6.45) is 12.7. The zero-order chi connectivity index (χ0) is 12.9. The van der Waals surface area contributed by atoms with Crippen LogP contribution in [0.15, 0.2) is 0 Å². The van der Waals surface area contributed by atoms with Crippen molar-refractivity contribution in [3.05, 3.63) is 0 Å². The van der Waals surface area contributed by atoms with Gasteiger partial charge in [0.2, 0.25) is 0 Å². The van der Waals surface area contributed by atoms with Crippen molar-refractivity contribution in [2.75, 3.05) is 32.4 Å². The third-order valence-electron chi connectivity index (χ3n) is 6.48. The van der Waals surface area contributed by atoms with E-state index in [-0.39, 0.29) is 0 Å². The molecular weight excluding hydrogens is 252 g/mol. The Morgan fingerprint density at radius 3 is 2.00 bits per heavy atom. The molecule has 3 heteroatoms. The zero-order valence-electron chi connectivity index (χ0n) is 12.3.